The lowest BCUT2D eigenvalue weighted by Crippen LogP contribution is -2.47. The Kier molecular flexibility index (Phi) is 6.02. The Morgan fingerprint density at radius 2 is 2.10 bits per heavy atom. The number of nitrogens with one attached hydrogen (secondary N) is 1. The van der Waals surface area contributed by atoms with Crippen molar-refractivity contribution in [3.63, 3.8) is 0 Å². The Hall–Kier alpha value is -0.900. The molecule has 1 aliphatic heterocycles. The summed E-state index contributed by atoms with van der Waals surface area (Å²) in [5.41, 5.74) is 1.37. The molecule has 0 aromatic heterocycles. The molecule has 0 bridgehead atoms. The number of benzene rings is 1. The first-order chi connectivity index (χ1) is 9.76. The highest BCUT2D eigenvalue weighted by atomic mass is 16.5. The lowest BCUT2D eigenvalue weighted by atomic mass is 9.93. The fourth-order valence-corrected chi connectivity index (χ4v) is 3.40. The van der Waals surface area contributed by atoms with Gasteiger partial charge in [-0.2, -0.15) is 0 Å². The highest BCUT2D eigenvalue weighted by molar-refractivity contribution is 5.20. The number of piperidine rings is 1. The number of hydrogen-bond acceptors (Lipinski definition) is 3. The van der Waals surface area contributed by atoms with Crippen molar-refractivity contribution in [3.05, 3.63) is 35.9 Å². The topological polar surface area (TPSA) is 24.5 Å². The van der Waals surface area contributed by atoms with Crippen molar-refractivity contribution in [2.75, 3.05) is 33.9 Å². The van der Waals surface area contributed by atoms with Gasteiger partial charge >= 0.3 is 0 Å². The smallest absolute Gasteiger partial charge is 0.0502 e. The molecule has 3 nitrogen and oxygen atoms in total. The summed E-state index contributed by atoms with van der Waals surface area (Å²) >= 11 is 0. The molecule has 1 aliphatic rings. The first kappa shape index (κ1) is 15.5. The number of methoxy groups -OCH3 is 1. The van der Waals surface area contributed by atoms with Crippen LogP contribution in [0.15, 0.2) is 30.3 Å². The summed E-state index contributed by atoms with van der Waals surface area (Å²) in [4.78, 5) is 2.61. The van der Waals surface area contributed by atoms with E-state index in [1.54, 1.807) is 0 Å². The van der Waals surface area contributed by atoms with Crippen LogP contribution in [0.5, 0.6) is 0 Å². The van der Waals surface area contributed by atoms with Crippen molar-refractivity contribution >= 4 is 0 Å². The third kappa shape index (κ3) is 3.81. The van der Waals surface area contributed by atoms with Crippen molar-refractivity contribution < 1.29 is 4.74 Å². The van der Waals surface area contributed by atoms with E-state index in [0.717, 1.165) is 13.2 Å². The molecule has 2 rings (SSSR count). The summed E-state index contributed by atoms with van der Waals surface area (Å²) in [6.45, 7) is 5.58. The number of rotatable bonds is 6. The van der Waals surface area contributed by atoms with Gasteiger partial charge in [0.2, 0.25) is 0 Å². The Morgan fingerprint density at radius 1 is 1.35 bits per heavy atom. The molecule has 112 valence electrons. The summed E-state index contributed by atoms with van der Waals surface area (Å²) in [7, 11) is 3.87. The number of nitrogens with zero attached hydrogens (tertiary/aromatic N) is 1. The van der Waals surface area contributed by atoms with E-state index < -0.39 is 0 Å². The first-order valence-electron chi connectivity index (χ1n) is 7.71. The van der Waals surface area contributed by atoms with E-state index in [1.807, 2.05) is 7.11 Å². The van der Waals surface area contributed by atoms with Gasteiger partial charge in [0.25, 0.3) is 0 Å². The second kappa shape index (κ2) is 7.77. The third-order valence-corrected chi connectivity index (χ3v) is 4.48. The molecule has 1 N–H and O–H groups in total. The van der Waals surface area contributed by atoms with Gasteiger partial charge in [0.1, 0.15) is 0 Å². The molecule has 1 aromatic carbocycles. The fraction of sp³-hybridized carbons (Fsp3) is 0.647. The standard InChI is InChI=1S/C17H28N2O/c1-14(17(18-2)16-9-5-4-6-10-16)19-11-7-8-15(12-19)13-20-3/h4-6,9-10,14-15,17-18H,7-8,11-13H2,1-3H3. The van der Waals surface area contributed by atoms with E-state index in [1.165, 1.54) is 24.9 Å². The molecule has 3 atom stereocenters. The Bertz CT molecular complexity index is 380. The molecule has 20 heavy (non-hydrogen) atoms. The van der Waals surface area contributed by atoms with Crippen LogP contribution in [0.2, 0.25) is 0 Å². The normalized spacial score (nSPS) is 23.4. The molecule has 3 unspecified atom stereocenters. The number of hydrogen-bond donors (Lipinski definition) is 1. The average molecular weight is 276 g/mol. The molecule has 0 amide bonds. The van der Waals surface area contributed by atoms with Gasteiger partial charge < -0.3 is 10.1 Å². The maximum Gasteiger partial charge on any atom is 0.0502 e. The van der Waals surface area contributed by atoms with Gasteiger partial charge in [0.15, 0.2) is 0 Å². The zero-order valence-corrected chi connectivity index (χ0v) is 13.0. The Balaban J connectivity index is 2.02. The van der Waals surface area contributed by atoms with Gasteiger partial charge in [-0.3, -0.25) is 4.90 Å². The fourth-order valence-electron chi connectivity index (χ4n) is 3.40. The third-order valence-electron chi connectivity index (χ3n) is 4.48. The van der Waals surface area contributed by atoms with Crippen molar-refractivity contribution in [1.82, 2.24) is 10.2 Å². The average Bonchev–Trinajstić information content (AvgIpc) is 2.50. The van der Waals surface area contributed by atoms with Crippen LogP contribution in [-0.2, 0) is 4.74 Å². The summed E-state index contributed by atoms with van der Waals surface area (Å²) in [6.07, 6.45) is 2.58. The molecular formula is C17H28N2O. The second-order valence-corrected chi connectivity index (χ2v) is 5.88. The number of likely N-dealkylation sites (N-methyl/N-ethyl adjacent to an activating group) is 1. The minimum Gasteiger partial charge on any atom is -0.384 e. The van der Waals surface area contributed by atoms with Crippen LogP contribution in [-0.4, -0.2) is 44.8 Å². The summed E-state index contributed by atoms with van der Waals surface area (Å²) < 4.78 is 5.34. The maximum absolute atomic E-state index is 5.34. The lowest BCUT2D eigenvalue weighted by molar-refractivity contribution is 0.0623. The molecule has 1 saturated heterocycles. The molecule has 0 saturated carbocycles. The van der Waals surface area contributed by atoms with Crippen LogP contribution >= 0.6 is 0 Å². The van der Waals surface area contributed by atoms with Crippen LogP contribution in [0.3, 0.4) is 0 Å². The van der Waals surface area contributed by atoms with Gasteiger partial charge in [-0.1, -0.05) is 30.3 Å². The zero-order chi connectivity index (χ0) is 14.4. The monoisotopic (exact) mass is 276 g/mol. The Labute approximate surface area is 123 Å². The minimum atomic E-state index is 0.387. The van der Waals surface area contributed by atoms with Gasteiger partial charge in [0, 0.05) is 25.7 Å². The van der Waals surface area contributed by atoms with Crippen LogP contribution in [0.4, 0.5) is 0 Å². The van der Waals surface area contributed by atoms with E-state index in [-0.39, 0.29) is 0 Å². The first-order valence-corrected chi connectivity index (χ1v) is 7.71. The van der Waals surface area contributed by atoms with Crippen LogP contribution in [0.25, 0.3) is 0 Å². The van der Waals surface area contributed by atoms with Gasteiger partial charge in [0.05, 0.1) is 6.61 Å². The summed E-state index contributed by atoms with van der Waals surface area (Å²) in [6, 6.07) is 11.6. The van der Waals surface area contributed by atoms with E-state index in [0.29, 0.717) is 18.0 Å². The van der Waals surface area contributed by atoms with Crippen LogP contribution < -0.4 is 5.32 Å². The van der Waals surface area contributed by atoms with Gasteiger partial charge in [-0.25, -0.2) is 0 Å². The van der Waals surface area contributed by atoms with E-state index >= 15 is 0 Å². The predicted octanol–water partition coefficient (Wildman–Crippen LogP) is 2.69. The highest BCUT2D eigenvalue weighted by Crippen LogP contribution is 2.25. The molecule has 1 fully saturated rings. The SMILES string of the molecule is CNC(c1ccccc1)C(C)N1CCCC(COC)C1. The summed E-state index contributed by atoms with van der Waals surface area (Å²) in [5, 5.41) is 3.49. The highest BCUT2D eigenvalue weighted by Gasteiger charge is 2.28. The van der Waals surface area contributed by atoms with Gasteiger partial charge in [-0.15, -0.1) is 0 Å². The van der Waals surface area contributed by atoms with Crippen molar-refractivity contribution in [1.29, 1.82) is 0 Å². The number of ether oxygens (including phenoxy) is 1. The molecule has 0 radical (unpaired) electrons. The van der Waals surface area contributed by atoms with Crippen molar-refractivity contribution in [2.24, 2.45) is 5.92 Å². The molecule has 1 aromatic rings. The molecule has 0 spiro atoms. The van der Waals surface area contributed by atoms with Crippen LogP contribution in [0, 0.1) is 5.92 Å². The van der Waals surface area contributed by atoms with E-state index in [9.17, 15) is 0 Å². The minimum absolute atomic E-state index is 0.387. The molecular weight excluding hydrogens is 248 g/mol. The second-order valence-electron chi connectivity index (χ2n) is 5.88. The molecule has 1 heterocycles. The molecule has 3 heteroatoms. The lowest BCUT2D eigenvalue weighted by Gasteiger charge is -2.40. The molecule has 0 aliphatic carbocycles. The van der Waals surface area contributed by atoms with E-state index in [2.05, 4.69) is 54.5 Å². The van der Waals surface area contributed by atoms with Crippen molar-refractivity contribution in [2.45, 2.75) is 31.8 Å². The quantitative estimate of drug-likeness (QED) is 0.864. The van der Waals surface area contributed by atoms with Gasteiger partial charge in [-0.05, 0) is 44.8 Å². The predicted molar refractivity (Wildman–Crippen MR) is 83.9 cm³/mol. The van der Waals surface area contributed by atoms with Crippen LogP contribution in [0.1, 0.15) is 31.4 Å². The van der Waals surface area contributed by atoms with Crippen molar-refractivity contribution in [3.8, 4) is 0 Å². The zero-order valence-electron chi connectivity index (χ0n) is 13.0. The maximum atomic E-state index is 5.34. The largest absolute Gasteiger partial charge is 0.384 e. The van der Waals surface area contributed by atoms with E-state index in [4.69, 9.17) is 4.74 Å². The Morgan fingerprint density at radius 3 is 2.75 bits per heavy atom. The summed E-state index contributed by atoms with van der Waals surface area (Å²) in [5.74, 6) is 0.685. The number of likely N-dealkylation sites (tertiary alicyclic amines) is 1.